The Kier molecular flexibility index (Phi) is 4.32. The summed E-state index contributed by atoms with van der Waals surface area (Å²) in [5.41, 5.74) is 1.69. The number of hydrogen-bond donors (Lipinski definition) is 2. The lowest BCUT2D eigenvalue weighted by Gasteiger charge is -2.16. The zero-order chi connectivity index (χ0) is 15.5. The fourth-order valence-corrected chi connectivity index (χ4v) is 3.03. The average molecular weight is 303 g/mol. The summed E-state index contributed by atoms with van der Waals surface area (Å²) < 4.78 is 19.1. The number of fused-ring (bicyclic) bond motifs is 1. The molecular formula is C17H22FN3O. The maximum absolute atomic E-state index is 13.3. The minimum Gasteiger partial charge on any atom is -0.459 e. The van der Waals surface area contributed by atoms with Crippen LogP contribution in [0.25, 0.3) is 11.0 Å². The number of guanidine groups is 1. The van der Waals surface area contributed by atoms with E-state index >= 15 is 0 Å². The summed E-state index contributed by atoms with van der Waals surface area (Å²) in [4.78, 5) is 4.26. The highest BCUT2D eigenvalue weighted by atomic mass is 19.1. The molecule has 1 aromatic heterocycles. The van der Waals surface area contributed by atoms with Gasteiger partial charge in [-0.25, -0.2) is 4.39 Å². The Bertz CT molecular complexity index is 687. The standard InChI is InChI=1S/C17H22FN3O/c1-11-14-9-12(18)7-8-15(14)22-16(11)10-20-17(19-2)21-13-5-3-4-6-13/h7-9,13H,3-6,10H2,1-2H3,(H2,19,20,21). The lowest BCUT2D eigenvalue weighted by atomic mass is 10.1. The van der Waals surface area contributed by atoms with Crippen molar-refractivity contribution in [2.75, 3.05) is 7.05 Å². The fourth-order valence-electron chi connectivity index (χ4n) is 3.03. The number of rotatable bonds is 3. The van der Waals surface area contributed by atoms with Crippen molar-refractivity contribution in [3.8, 4) is 0 Å². The number of benzene rings is 1. The SMILES string of the molecule is CN=C(NCc1oc2ccc(F)cc2c1C)NC1CCCC1. The zero-order valence-electron chi connectivity index (χ0n) is 13.1. The van der Waals surface area contributed by atoms with Gasteiger partial charge in [-0.3, -0.25) is 4.99 Å². The third-order valence-electron chi connectivity index (χ3n) is 4.33. The summed E-state index contributed by atoms with van der Waals surface area (Å²) in [5.74, 6) is 1.36. The van der Waals surface area contributed by atoms with Crippen molar-refractivity contribution >= 4 is 16.9 Å². The van der Waals surface area contributed by atoms with E-state index in [0.717, 1.165) is 28.3 Å². The van der Waals surface area contributed by atoms with Gasteiger partial charge in [-0.2, -0.15) is 0 Å². The molecule has 1 fully saturated rings. The number of aliphatic imine (C=N–C) groups is 1. The Morgan fingerprint density at radius 1 is 1.36 bits per heavy atom. The van der Waals surface area contributed by atoms with Crippen LogP contribution >= 0.6 is 0 Å². The second kappa shape index (κ2) is 6.38. The van der Waals surface area contributed by atoms with E-state index < -0.39 is 0 Å². The number of furan rings is 1. The van der Waals surface area contributed by atoms with Crippen LogP contribution in [0.4, 0.5) is 4.39 Å². The normalized spacial score (nSPS) is 16.4. The first-order valence-electron chi connectivity index (χ1n) is 7.82. The molecule has 0 atom stereocenters. The number of nitrogens with one attached hydrogen (secondary N) is 2. The summed E-state index contributed by atoms with van der Waals surface area (Å²) in [7, 11) is 1.77. The van der Waals surface area contributed by atoms with Crippen LogP contribution in [0.3, 0.4) is 0 Å². The van der Waals surface area contributed by atoms with E-state index in [1.807, 2.05) is 6.92 Å². The van der Waals surface area contributed by atoms with Crippen LogP contribution in [-0.2, 0) is 6.54 Å². The smallest absolute Gasteiger partial charge is 0.191 e. The molecule has 3 rings (SSSR count). The quantitative estimate of drug-likeness (QED) is 0.674. The maximum Gasteiger partial charge on any atom is 0.191 e. The van der Waals surface area contributed by atoms with Crippen LogP contribution in [0.1, 0.15) is 37.0 Å². The molecule has 5 heteroatoms. The summed E-state index contributed by atoms with van der Waals surface area (Å²) >= 11 is 0. The molecule has 118 valence electrons. The fraction of sp³-hybridized carbons (Fsp3) is 0.471. The minimum absolute atomic E-state index is 0.241. The molecule has 2 N–H and O–H groups in total. The number of halogens is 1. The van der Waals surface area contributed by atoms with Crippen molar-refractivity contribution in [2.45, 2.75) is 45.2 Å². The van der Waals surface area contributed by atoms with Crippen LogP contribution in [-0.4, -0.2) is 19.0 Å². The molecule has 1 aliphatic carbocycles. The number of hydrogen-bond acceptors (Lipinski definition) is 2. The monoisotopic (exact) mass is 303 g/mol. The van der Waals surface area contributed by atoms with E-state index in [4.69, 9.17) is 4.42 Å². The Labute approximate surface area is 129 Å². The van der Waals surface area contributed by atoms with Crippen molar-refractivity contribution in [2.24, 2.45) is 4.99 Å². The molecule has 0 spiro atoms. The zero-order valence-corrected chi connectivity index (χ0v) is 13.1. The van der Waals surface area contributed by atoms with Crippen LogP contribution in [0.15, 0.2) is 27.6 Å². The van der Waals surface area contributed by atoms with Gasteiger partial charge in [0.25, 0.3) is 0 Å². The highest BCUT2D eigenvalue weighted by molar-refractivity contribution is 5.83. The van der Waals surface area contributed by atoms with E-state index in [9.17, 15) is 4.39 Å². The summed E-state index contributed by atoms with van der Waals surface area (Å²) in [6.07, 6.45) is 4.96. The van der Waals surface area contributed by atoms with Crippen molar-refractivity contribution in [1.29, 1.82) is 0 Å². The first-order chi connectivity index (χ1) is 10.7. The van der Waals surface area contributed by atoms with Gasteiger partial charge in [0.15, 0.2) is 5.96 Å². The largest absolute Gasteiger partial charge is 0.459 e. The molecule has 0 bridgehead atoms. The minimum atomic E-state index is -0.241. The molecule has 22 heavy (non-hydrogen) atoms. The molecule has 0 amide bonds. The predicted molar refractivity (Wildman–Crippen MR) is 86.5 cm³/mol. The Morgan fingerprint density at radius 2 is 2.14 bits per heavy atom. The topological polar surface area (TPSA) is 49.6 Å². The van der Waals surface area contributed by atoms with Gasteiger partial charge in [-0.05, 0) is 38.0 Å². The van der Waals surface area contributed by atoms with Crippen LogP contribution < -0.4 is 10.6 Å². The molecule has 1 heterocycles. The van der Waals surface area contributed by atoms with Crippen molar-refractivity contribution in [3.63, 3.8) is 0 Å². The Morgan fingerprint density at radius 3 is 2.86 bits per heavy atom. The third-order valence-corrected chi connectivity index (χ3v) is 4.33. The first kappa shape index (κ1) is 14.9. The summed E-state index contributed by atoms with van der Waals surface area (Å²) in [6, 6.07) is 5.12. The van der Waals surface area contributed by atoms with Crippen molar-refractivity contribution in [3.05, 3.63) is 35.3 Å². The van der Waals surface area contributed by atoms with Gasteiger partial charge in [-0.15, -0.1) is 0 Å². The molecule has 0 radical (unpaired) electrons. The molecule has 1 aliphatic rings. The molecule has 0 saturated heterocycles. The maximum atomic E-state index is 13.3. The lowest BCUT2D eigenvalue weighted by molar-refractivity contribution is 0.530. The van der Waals surface area contributed by atoms with Crippen LogP contribution in [0.2, 0.25) is 0 Å². The summed E-state index contributed by atoms with van der Waals surface area (Å²) in [5, 5.41) is 7.55. The third kappa shape index (κ3) is 3.08. The second-order valence-electron chi connectivity index (χ2n) is 5.84. The molecule has 4 nitrogen and oxygen atoms in total. The van der Waals surface area contributed by atoms with Gasteiger partial charge in [0.05, 0.1) is 6.54 Å². The van der Waals surface area contributed by atoms with Crippen molar-refractivity contribution in [1.82, 2.24) is 10.6 Å². The Balaban J connectivity index is 1.68. The second-order valence-corrected chi connectivity index (χ2v) is 5.84. The van der Waals surface area contributed by atoms with Gasteiger partial charge < -0.3 is 15.1 Å². The van der Waals surface area contributed by atoms with Crippen LogP contribution in [0, 0.1) is 12.7 Å². The molecule has 0 aliphatic heterocycles. The van der Waals surface area contributed by atoms with Gasteiger partial charge in [0, 0.05) is 24.0 Å². The average Bonchev–Trinajstić information content (AvgIpc) is 3.13. The molecule has 0 unspecified atom stereocenters. The Hall–Kier alpha value is -2.04. The molecule has 1 saturated carbocycles. The van der Waals surface area contributed by atoms with Crippen LogP contribution in [0.5, 0.6) is 0 Å². The van der Waals surface area contributed by atoms with Gasteiger partial charge >= 0.3 is 0 Å². The predicted octanol–water partition coefficient (Wildman–Crippen LogP) is 3.49. The lowest BCUT2D eigenvalue weighted by Crippen LogP contribution is -2.41. The van der Waals surface area contributed by atoms with Gasteiger partial charge in [0.1, 0.15) is 17.2 Å². The molecule has 2 aromatic rings. The molecule has 1 aromatic carbocycles. The van der Waals surface area contributed by atoms with Gasteiger partial charge in [0.2, 0.25) is 0 Å². The van der Waals surface area contributed by atoms with E-state index in [2.05, 4.69) is 15.6 Å². The van der Waals surface area contributed by atoms with E-state index in [1.54, 1.807) is 13.1 Å². The number of aryl methyl sites for hydroxylation is 1. The summed E-state index contributed by atoms with van der Waals surface area (Å²) in [6.45, 7) is 2.49. The van der Waals surface area contributed by atoms with E-state index in [-0.39, 0.29) is 5.82 Å². The van der Waals surface area contributed by atoms with Crippen molar-refractivity contribution < 1.29 is 8.81 Å². The molecular weight excluding hydrogens is 281 g/mol. The number of nitrogens with zero attached hydrogens (tertiary/aromatic N) is 1. The highest BCUT2D eigenvalue weighted by Gasteiger charge is 2.16. The van der Waals surface area contributed by atoms with Gasteiger partial charge in [-0.1, -0.05) is 12.8 Å². The van der Waals surface area contributed by atoms with E-state index in [1.165, 1.54) is 37.8 Å². The highest BCUT2D eigenvalue weighted by Crippen LogP contribution is 2.25. The van der Waals surface area contributed by atoms with E-state index in [0.29, 0.717) is 12.6 Å². The first-order valence-corrected chi connectivity index (χ1v) is 7.82.